The second-order valence-electron chi connectivity index (χ2n) is 1.79. The van der Waals surface area contributed by atoms with Gasteiger partial charge in [-0.1, -0.05) is 0 Å². The molecule has 1 rings (SSSR count). The van der Waals surface area contributed by atoms with Gasteiger partial charge in [-0.15, -0.1) is 0 Å². The van der Waals surface area contributed by atoms with E-state index in [1.807, 2.05) is 0 Å². The molecule has 0 aliphatic carbocycles. The number of hydrogen-bond donors (Lipinski definition) is 2. The third-order valence-electron chi connectivity index (χ3n) is 1.17. The van der Waals surface area contributed by atoms with E-state index in [1.165, 1.54) is 0 Å². The summed E-state index contributed by atoms with van der Waals surface area (Å²) in [5, 5.41) is 5.29. The molecule has 1 heterocycles. The minimum atomic E-state index is -0.183. The molecule has 0 atom stereocenters. The van der Waals surface area contributed by atoms with Gasteiger partial charge in [0.2, 0.25) is 0 Å². The number of aromatic nitrogens is 2. The van der Waals surface area contributed by atoms with Crippen LogP contribution in [0.15, 0.2) is 0 Å². The van der Waals surface area contributed by atoms with E-state index in [4.69, 9.17) is 0 Å². The minimum absolute atomic E-state index is 0.153. The van der Waals surface area contributed by atoms with Crippen LogP contribution in [0.5, 0.6) is 0 Å². The van der Waals surface area contributed by atoms with E-state index in [0.717, 1.165) is 0 Å². The fourth-order valence-electron chi connectivity index (χ4n) is 0.620. The van der Waals surface area contributed by atoms with Gasteiger partial charge in [0.1, 0.15) is 0 Å². The molecule has 0 bridgehead atoms. The zero-order valence-electron chi connectivity index (χ0n) is 6.21. The van der Waals surface area contributed by atoms with Crippen LogP contribution in [-0.2, 0) is 0 Å². The molecule has 1 aromatic heterocycles. The number of nitrogens with one attached hydrogen (secondary N) is 2. The maximum absolute atomic E-state index is 11.0. The Kier molecular flexibility index (Phi) is 2.62. The van der Waals surface area contributed by atoms with E-state index < -0.39 is 0 Å². The second kappa shape index (κ2) is 3.50. The molecule has 60 valence electrons. The SMILES string of the molecule is CNC(=O)c1n[se]nc1NC. The molecule has 1 aromatic rings. The number of amides is 1. The molecule has 2 N–H and O–H groups in total. The summed E-state index contributed by atoms with van der Waals surface area (Å²) >= 11 is -0.153. The first-order valence-corrected chi connectivity index (χ1v) is 4.55. The van der Waals surface area contributed by atoms with Crippen LogP contribution in [-0.4, -0.2) is 42.9 Å². The van der Waals surface area contributed by atoms with E-state index in [2.05, 4.69) is 18.6 Å². The van der Waals surface area contributed by atoms with E-state index >= 15 is 0 Å². The van der Waals surface area contributed by atoms with E-state index in [1.54, 1.807) is 14.1 Å². The zero-order chi connectivity index (χ0) is 8.27. The third-order valence-corrected chi connectivity index (χ3v) is 2.28. The number of rotatable bonds is 2. The van der Waals surface area contributed by atoms with Crippen LogP contribution in [0.3, 0.4) is 0 Å². The van der Waals surface area contributed by atoms with Crippen molar-refractivity contribution in [1.82, 2.24) is 13.3 Å². The van der Waals surface area contributed by atoms with Crippen molar-refractivity contribution >= 4 is 26.7 Å². The van der Waals surface area contributed by atoms with Gasteiger partial charge in [0.15, 0.2) is 0 Å². The molecule has 11 heavy (non-hydrogen) atoms. The van der Waals surface area contributed by atoms with Crippen LogP contribution in [0.2, 0.25) is 0 Å². The molecular weight excluding hydrogens is 211 g/mol. The first-order chi connectivity index (χ1) is 5.29. The van der Waals surface area contributed by atoms with Crippen molar-refractivity contribution in [2.75, 3.05) is 19.4 Å². The maximum atomic E-state index is 11.0. The molecule has 0 spiro atoms. The molecule has 6 heteroatoms. The topological polar surface area (TPSA) is 66.9 Å². The van der Waals surface area contributed by atoms with Crippen molar-refractivity contribution in [3.05, 3.63) is 5.69 Å². The fraction of sp³-hybridized carbons (Fsp3) is 0.400. The Bertz CT molecular complexity index is 259. The van der Waals surface area contributed by atoms with Crippen molar-refractivity contribution in [3.8, 4) is 0 Å². The molecule has 0 aliphatic rings. The normalized spacial score (nSPS) is 9.27. The van der Waals surface area contributed by atoms with Crippen LogP contribution >= 0.6 is 0 Å². The number of carbonyl (C=O) groups excluding carboxylic acids is 1. The number of anilines is 1. The predicted molar refractivity (Wildman–Crippen MR) is 41.9 cm³/mol. The molecular formula is C5H8N4OSe. The number of nitrogens with zero attached hydrogens (tertiary/aromatic N) is 2. The summed E-state index contributed by atoms with van der Waals surface area (Å²) < 4.78 is 7.97. The van der Waals surface area contributed by atoms with Crippen molar-refractivity contribution in [3.63, 3.8) is 0 Å². The van der Waals surface area contributed by atoms with Crippen LogP contribution in [0.4, 0.5) is 5.82 Å². The molecule has 0 aliphatic heterocycles. The standard InChI is InChI=1S/C5H8N4OSe/c1-6-4-3(5(10)7-2)8-11-9-4/h1-2H3,(H,6,9)(H,7,10). The van der Waals surface area contributed by atoms with Gasteiger partial charge in [-0.25, -0.2) is 0 Å². The molecule has 0 unspecified atom stereocenters. The molecule has 0 saturated carbocycles. The Hall–Kier alpha value is -0.871. The summed E-state index contributed by atoms with van der Waals surface area (Å²) in [5.74, 6) is 0.404. The van der Waals surface area contributed by atoms with E-state index in [-0.39, 0.29) is 20.9 Å². The molecule has 0 aromatic carbocycles. The Morgan fingerprint density at radius 3 is 2.73 bits per heavy atom. The molecule has 0 radical (unpaired) electrons. The predicted octanol–water partition coefficient (Wildman–Crippen LogP) is -1.07. The van der Waals surface area contributed by atoms with Gasteiger partial charge in [0.05, 0.1) is 0 Å². The van der Waals surface area contributed by atoms with Crippen LogP contribution < -0.4 is 10.6 Å². The van der Waals surface area contributed by atoms with Crippen molar-refractivity contribution in [2.24, 2.45) is 0 Å². The van der Waals surface area contributed by atoms with E-state index in [0.29, 0.717) is 11.5 Å². The van der Waals surface area contributed by atoms with Crippen molar-refractivity contribution in [2.45, 2.75) is 0 Å². The van der Waals surface area contributed by atoms with Gasteiger partial charge in [-0.05, 0) is 0 Å². The first kappa shape index (κ1) is 8.23. The molecule has 0 fully saturated rings. The summed E-state index contributed by atoms with van der Waals surface area (Å²) in [4.78, 5) is 11.0. The second-order valence-corrected chi connectivity index (χ2v) is 2.90. The summed E-state index contributed by atoms with van der Waals surface area (Å²) in [7, 11) is 3.29. The average Bonchev–Trinajstić information content (AvgIpc) is 2.50. The summed E-state index contributed by atoms with van der Waals surface area (Å²) in [6, 6.07) is 0. The number of carbonyl (C=O) groups is 1. The third kappa shape index (κ3) is 1.58. The van der Waals surface area contributed by atoms with Crippen LogP contribution in [0.25, 0.3) is 0 Å². The Morgan fingerprint density at radius 2 is 2.18 bits per heavy atom. The van der Waals surface area contributed by atoms with Gasteiger partial charge in [-0.3, -0.25) is 0 Å². The van der Waals surface area contributed by atoms with Gasteiger partial charge in [0.25, 0.3) is 0 Å². The van der Waals surface area contributed by atoms with Crippen LogP contribution in [0.1, 0.15) is 10.5 Å². The molecule has 0 saturated heterocycles. The van der Waals surface area contributed by atoms with Crippen LogP contribution in [0, 0.1) is 0 Å². The Morgan fingerprint density at radius 1 is 1.45 bits per heavy atom. The first-order valence-electron chi connectivity index (χ1n) is 3.02. The zero-order valence-corrected chi connectivity index (χ0v) is 7.92. The van der Waals surface area contributed by atoms with Gasteiger partial charge < -0.3 is 0 Å². The summed E-state index contributed by atoms with van der Waals surface area (Å²) in [6.45, 7) is 0. The van der Waals surface area contributed by atoms with Gasteiger partial charge in [0, 0.05) is 0 Å². The van der Waals surface area contributed by atoms with Crippen molar-refractivity contribution < 1.29 is 4.79 Å². The quantitative estimate of drug-likeness (QED) is 0.622. The van der Waals surface area contributed by atoms with E-state index in [9.17, 15) is 4.79 Å². The number of hydrogen-bond acceptors (Lipinski definition) is 4. The fourth-order valence-corrected chi connectivity index (χ4v) is 1.78. The molecule has 1 amide bonds. The monoisotopic (exact) mass is 220 g/mol. The van der Waals surface area contributed by atoms with Crippen molar-refractivity contribution in [1.29, 1.82) is 0 Å². The Labute approximate surface area is 70.4 Å². The van der Waals surface area contributed by atoms with Gasteiger partial charge >= 0.3 is 69.9 Å². The Balaban J connectivity index is 2.92. The van der Waals surface area contributed by atoms with Gasteiger partial charge in [-0.2, -0.15) is 0 Å². The summed E-state index contributed by atoms with van der Waals surface area (Å²) in [5.41, 5.74) is 0.412. The average molecular weight is 219 g/mol. The summed E-state index contributed by atoms with van der Waals surface area (Å²) in [6.07, 6.45) is 0. The molecule has 5 nitrogen and oxygen atoms in total.